The molecule has 2 fully saturated rings. The van der Waals surface area contributed by atoms with Gasteiger partial charge in [0, 0.05) is 31.7 Å². The van der Waals surface area contributed by atoms with E-state index in [9.17, 15) is 4.79 Å². The average Bonchev–Trinajstić information content (AvgIpc) is 3.09. The highest BCUT2D eigenvalue weighted by Gasteiger charge is 2.16. The van der Waals surface area contributed by atoms with E-state index in [1.54, 1.807) is 0 Å². The van der Waals surface area contributed by atoms with E-state index in [0.29, 0.717) is 18.2 Å². The molecule has 1 aromatic carbocycles. The minimum Gasteiger partial charge on any atom is -0.490 e. The van der Waals surface area contributed by atoms with Gasteiger partial charge in [-0.2, -0.15) is 0 Å². The van der Waals surface area contributed by atoms with Crippen molar-refractivity contribution >= 4 is 5.91 Å². The molecule has 1 saturated heterocycles. The molecule has 0 aromatic heterocycles. The SMILES string of the molecule is O=C(NCCN1CCOCC1)c1ccc(OC2CCCC2)cc1. The van der Waals surface area contributed by atoms with E-state index in [2.05, 4.69) is 10.2 Å². The van der Waals surface area contributed by atoms with Gasteiger partial charge < -0.3 is 14.8 Å². The molecule has 1 aliphatic heterocycles. The first-order chi connectivity index (χ1) is 11.3. The summed E-state index contributed by atoms with van der Waals surface area (Å²) in [7, 11) is 0. The van der Waals surface area contributed by atoms with Gasteiger partial charge in [0.25, 0.3) is 5.91 Å². The quantitative estimate of drug-likeness (QED) is 0.872. The first-order valence-corrected chi connectivity index (χ1v) is 8.66. The number of carbonyl (C=O) groups excluding carboxylic acids is 1. The molecule has 1 aromatic rings. The highest BCUT2D eigenvalue weighted by Crippen LogP contribution is 2.24. The molecule has 0 unspecified atom stereocenters. The Morgan fingerprint density at radius 1 is 1.17 bits per heavy atom. The lowest BCUT2D eigenvalue weighted by Gasteiger charge is -2.26. The Bertz CT molecular complexity index is 491. The van der Waals surface area contributed by atoms with Crippen LogP contribution in [0.2, 0.25) is 0 Å². The van der Waals surface area contributed by atoms with Gasteiger partial charge in [0.05, 0.1) is 19.3 Å². The summed E-state index contributed by atoms with van der Waals surface area (Å²) in [5, 5.41) is 2.98. The maximum Gasteiger partial charge on any atom is 0.251 e. The second-order valence-corrected chi connectivity index (χ2v) is 6.26. The van der Waals surface area contributed by atoms with Crippen LogP contribution < -0.4 is 10.1 Å². The van der Waals surface area contributed by atoms with Gasteiger partial charge in [0.1, 0.15) is 5.75 Å². The number of rotatable bonds is 6. The number of hydrogen-bond donors (Lipinski definition) is 1. The molecule has 1 N–H and O–H groups in total. The highest BCUT2D eigenvalue weighted by molar-refractivity contribution is 5.94. The molecule has 3 rings (SSSR count). The summed E-state index contributed by atoms with van der Waals surface area (Å²) < 4.78 is 11.2. The minimum atomic E-state index is -0.0225. The topological polar surface area (TPSA) is 50.8 Å². The molecule has 1 aliphatic carbocycles. The second-order valence-electron chi connectivity index (χ2n) is 6.26. The summed E-state index contributed by atoms with van der Waals surface area (Å²) >= 11 is 0. The number of nitrogens with one attached hydrogen (secondary N) is 1. The molecule has 0 radical (unpaired) electrons. The van der Waals surface area contributed by atoms with Crippen molar-refractivity contribution < 1.29 is 14.3 Å². The fourth-order valence-electron chi connectivity index (χ4n) is 3.14. The predicted molar refractivity (Wildman–Crippen MR) is 88.9 cm³/mol. The van der Waals surface area contributed by atoms with Gasteiger partial charge in [-0.25, -0.2) is 0 Å². The zero-order chi connectivity index (χ0) is 15.9. The van der Waals surface area contributed by atoms with Crippen molar-refractivity contribution in [1.82, 2.24) is 10.2 Å². The molecular weight excluding hydrogens is 292 g/mol. The average molecular weight is 318 g/mol. The van der Waals surface area contributed by atoms with E-state index in [1.165, 1.54) is 12.8 Å². The molecule has 2 aliphatic rings. The first-order valence-electron chi connectivity index (χ1n) is 8.66. The minimum absolute atomic E-state index is 0.0225. The van der Waals surface area contributed by atoms with E-state index in [4.69, 9.17) is 9.47 Å². The lowest BCUT2D eigenvalue weighted by Crippen LogP contribution is -2.41. The molecule has 5 nitrogen and oxygen atoms in total. The lowest BCUT2D eigenvalue weighted by atomic mass is 10.2. The fraction of sp³-hybridized carbons (Fsp3) is 0.611. The van der Waals surface area contributed by atoms with Crippen molar-refractivity contribution in [3.63, 3.8) is 0 Å². The first kappa shape index (κ1) is 16.3. The van der Waals surface area contributed by atoms with Crippen molar-refractivity contribution in [3.8, 4) is 5.75 Å². The monoisotopic (exact) mass is 318 g/mol. The smallest absolute Gasteiger partial charge is 0.251 e. The molecule has 0 atom stereocenters. The third-order valence-electron chi connectivity index (χ3n) is 4.54. The van der Waals surface area contributed by atoms with Crippen molar-refractivity contribution in [3.05, 3.63) is 29.8 Å². The van der Waals surface area contributed by atoms with E-state index < -0.39 is 0 Å². The summed E-state index contributed by atoms with van der Waals surface area (Å²) in [6, 6.07) is 7.48. The van der Waals surface area contributed by atoms with Crippen LogP contribution in [0.25, 0.3) is 0 Å². The molecule has 1 heterocycles. The normalized spacial score (nSPS) is 19.7. The molecule has 1 amide bonds. The summed E-state index contributed by atoms with van der Waals surface area (Å²) in [4.78, 5) is 14.5. The van der Waals surface area contributed by atoms with Crippen LogP contribution in [0.1, 0.15) is 36.0 Å². The van der Waals surface area contributed by atoms with Crippen LogP contribution in [-0.4, -0.2) is 56.3 Å². The maximum absolute atomic E-state index is 12.1. The van der Waals surface area contributed by atoms with Gasteiger partial charge in [0.2, 0.25) is 0 Å². The van der Waals surface area contributed by atoms with Crippen LogP contribution in [0.3, 0.4) is 0 Å². The van der Waals surface area contributed by atoms with Gasteiger partial charge >= 0.3 is 0 Å². The Morgan fingerprint density at radius 3 is 2.57 bits per heavy atom. The van der Waals surface area contributed by atoms with Crippen LogP contribution >= 0.6 is 0 Å². The Labute approximate surface area is 137 Å². The second kappa shape index (κ2) is 8.31. The third kappa shape index (κ3) is 4.94. The highest BCUT2D eigenvalue weighted by atomic mass is 16.5. The summed E-state index contributed by atoms with van der Waals surface area (Å²) in [6.45, 7) is 5.01. The maximum atomic E-state index is 12.1. The summed E-state index contributed by atoms with van der Waals surface area (Å²) in [5.41, 5.74) is 0.686. The zero-order valence-electron chi connectivity index (χ0n) is 13.6. The predicted octanol–water partition coefficient (Wildman–Crippen LogP) is 2.07. The van der Waals surface area contributed by atoms with Gasteiger partial charge in [-0.15, -0.1) is 0 Å². The van der Waals surface area contributed by atoms with E-state index in [1.807, 2.05) is 24.3 Å². The summed E-state index contributed by atoms with van der Waals surface area (Å²) in [5.74, 6) is 0.840. The molecule has 5 heteroatoms. The number of nitrogens with zero attached hydrogens (tertiary/aromatic N) is 1. The van der Waals surface area contributed by atoms with E-state index in [0.717, 1.165) is 51.4 Å². The van der Waals surface area contributed by atoms with Crippen LogP contribution in [0.4, 0.5) is 0 Å². The fourth-order valence-corrected chi connectivity index (χ4v) is 3.14. The van der Waals surface area contributed by atoms with E-state index in [-0.39, 0.29) is 5.91 Å². The lowest BCUT2D eigenvalue weighted by molar-refractivity contribution is 0.0383. The van der Waals surface area contributed by atoms with Gasteiger partial charge in [-0.05, 0) is 49.9 Å². The third-order valence-corrected chi connectivity index (χ3v) is 4.54. The Kier molecular flexibility index (Phi) is 5.88. The largest absolute Gasteiger partial charge is 0.490 e. The van der Waals surface area contributed by atoms with Crippen LogP contribution in [0, 0.1) is 0 Å². The zero-order valence-corrected chi connectivity index (χ0v) is 13.6. The van der Waals surface area contributed by atoms with Crippen molar-refractivity contribution in [2.75, 3.05) is 39.4 Å². The van der Waals surface area contributed by atoms with Crippen LogP contribution in [0.15, 0.2) is 24.3 Å². The van der Waals surface area contributed by atoms with Gasteiger partial charge in [0.15, 0.2) is 0 Å². The molecule has 0 bridgehead atoms. The van der Waals surface area contributed by atoms with Gasteiger partial charge in [-0.3, -0.25) is 9.69 Å². The van der Waals surface area contributed by atoms with Crippen molar-refractivity contribution in [2.45, 2.75) is 31.8 Å². The van der Waals surface area contributed by atoms with Gasteiger partial charge in [-0.1, -0.05) is 0 Å². The van der Waals surface area contributed by atoms with Crippen LogP contribution in [0.5, 0.6) is 5.75 Å². The Morgan fingerprint density at radius 2 is 1.87 bits per heavy atom. The Balaban J connectivity index is 1.41. The van der Waals surface area contributed by atoms with Crippen LogP contribution in [-0.2, 0) is 4.74 Å². The molecule has 0 spiro atoms. The molecule has 126 valence electrons. The van der Waals surface area contributed by atoms with E-state index >= 15 is 0 Å². The molecule has 1 saturated carbocycles. The number of ether oxygens (including phenoxy) is 2. The molecular formula is C18H26N2O3. The summed E-state index contributed by atoms with van der Waals surface area (Å²) in [6.07, 6.45) is 5.15. The number of morpholine rings is 1. The number of benzene rings is 1. The van der Waals surface area contributed by atoms with Crippen molar-refractivity contribution in [2.24, 2.45) is 0 Å². The Hall–Kier alpha value is -1.59. The van der Waals surface area contributed by atoms with Crippen molar-refractivity contribution in [1.29, 1.82) is 0 Å². The standard InChI is InChI=1S/C18H26N2O3/c21-18(19-9-10-20-11-13-22-14-12-20)15-5-7-17(8-6-15)23-16-3-1-2-4-16/h5-8,16H,1-4,9-14H2,(H,19,21). The number of carbonyl (C=O) groups is 1. The number of hydrogen-bond acceptors (Lipinski definition) is 4. The number of amides is 1. The molecule has 23 heavy (non-hydrogen) atoms.